The van der Waals surface area contributed by atoms with Crippen LogP contribution in [0.3, 0.4) is 0 Å². The van der Waals surface area contributed by atoms with E-state index in [-0.39, 0.29) is 6.54 Å². The van der Waals surface area contributed by atoms with E-state index in [0.717, 1.165) is 4.90 Å². The first kappa shape index (κ1) is 13.9. The van der Waals surface area contributed by atoms with Gasteiger partial charge in [0, 0.05) is 0 Å². The van der Waals surface area contributed by atoms with Gasteiger partial charge in [0.15, 0.2) is 0 Å². The highest BCUT2D eigenvalue weighted by molar-refractivity contribution is 6.06. The lowest BCUT2D eigenvalue weighted by Crippen LogP contribution is -2.67. The van der Waals surface area contributed by atoms with Gasteiger partial charge in [-0.25, -0.2) is 4.79 Å². The summed E-state index contributed by atoms with van der Waals surface area (Å²) in [6, 6.07) is -1.87. The maximum Gasteiger partial charge on any atom is 0.325 e. The van der Waals surface area contributed by atoms with Crippen LogP contribution in [0.2, 0.25) is 0 Å². The summed E-state index contributed by atoms with van der Waals surface area (Å²) in [7, 11) is 0. The molecule has 100 valence electrons. The van der Waals surface area contributed by atoms with E-state index in [0.29, 0.717) is 0 Å². The molecule has 1 atom stereocenters. The number of nitrogens with zero attached hydrogens (tertiary/aromatic N) is 1. The first-order chi connectivity index (χ1) is 8.16. The molecule has 3 N–H and O–H groups in total. The second-order valence-electron chi connectivity index (χ2n) is 4.53. The van der Waals surface area contributed by atoms with Gasteiger partial charge in [0.1, 0.15) is 18.1 Å². The number of carboxylic acids is 1. The van der Waals surface area contributed by atoms with Crippen molar-refractivity contribution in [3.8, 4) is 0 Å². The Labute approximate surface area is 103 Å². The average molecular weight is 257 g/mol. The third-order valence-corrected chi connectivity index (χ3v) is 2.74. The Hall–Kier alpha value is -2.12. The van der Waals surface area contributed by atoms with Crippen LogP contribution in [-0.4, -0.2) is 51.9 Å². The molecule has 8 heteroatoms. The molecule has 4 amide bonds. The van der Waals surface area contributed by atoms with Gasteiger partial charge in [-0.15, -0.1) is 0 Å². The number of piperazine rings is 1. The smallest absolute Gasteiger partial charge is 0.325 e. The summed E-state index contributed by atoms with van der Waals surface area (Å²) in [5.41, 5.74) is -1.21. The standard InChI is InChI=1S/C10H15N3O5/c1-5(7(15)16)11-9(18)13-4-6(14)12-8(17)10(13,2)3/h5H,4H2,1-3H3,(H,11,18)(H,15,16)(H,12,14,17). The Kier molecular flexibility index (Phi) is 3.59. The number of aliphatic carboxylic acids is 1. The van der Waals surface area contributed by atoms with Crippen molar-refractivity contribution in [2.75, 3.05) is 6.54 Å². The van der Waals surface area contributed by atoms with Gasteiger partial charge >= 0.3 is 12.0 Å². The summed E-state index contributed by atoms with van der Waals surface area (Å²) in [4.78, 5) is 46.3. The van der Waals surface area contributed by atoms with Gasteiger partial charge in [-0.1, -0.05) is 0 Å². The molecule has 18 heavy (non-hydrogen) atoms. The van der Waals surface area contributed by atoms with Crippen LogP contribution in [-0.2, 0) is 14.4 Å². The molecule has 0 aliphatic carbocycles. The van der Waals surface area contributed by atoms with Crippen molar-refractivity contribution in [1.29, 1.82) is 0 Å². The first-order valence-electron chi connectivity index (χ1n) is 5.31. The average Bonchev–Trinajstić information content (AvgIpc) is 2.23. The zero-order chi connectivity index (χ0) is 14.1. The van der Waals surface area contributed by atoms with Gasteiger partial charge in [0.2, 0.25) is 5.91 Å². The number of carbonyl (C=O) groups excluding carboxylic acids is 3. The molecule has 1 heterocycles. The zero-order valence-electron chi connectivity index (χ0n) is 10.3. The molecule has 1 saturated heterocycles. The lowest BCUT2D eigenvalue weighted by molar-refractivity contribution is -0.142. The molecule has 0 aromatic carbocycles. The van der Waals surface area contributed by atoms with E-state index < -0.39 is 35.4 Å². The van der Waals surface area contributed by atoms with E-state index in [1.807, 2.05) is 0 Å². The predicted octanol–water partition coefficient (Wildman–Crippen LogP) is -1.09. The minimum absolute atomic E-state index is 0.295. The molecule has 1 unspecified atom stereocenters. The van der Waals surface area contributed by atoms with Gasteiger partial charge in [0.25, 0.3) is 5.91 Å². The molecular weight excluding hydrogens is 242 g/mol. The quantitative estimate of drug-likeness (QED) is 0.543. The minimum atomic E-state index is -1.21. The van der Waals surface area contributed by atoms with Crippen LogP contribution < -0.4 is 10.6 Å². The fourth-order valence-electron chi connectivity index (χ4n) is 1.43. The van der Waals surface area contributed by atoms with Crippen molar-refractivity contribution in [1.82, 2.24) is 15.5 Å². The molecule has 0 aromatic heterocycles. The Bertz CT molecular complexity index is 418. The van der Waals surface area contributed by atoms with Gasteiger partial charge in [-0.05, 0) is 20.8 Å². The molecule has 1 rings (SSSR count). The predicted molar refractivity (Wildman–Crippen MR) is 59.6 cm³/mol. The van der Waals surface area contributed by atoms with E-state index in [1.165, 1.54) is 20.8 Å². The summed E-state index contributed by atoms with van der Waals surface area (Å²) in [6.07, 6.45) is 0. The molecule has 8 nitrogen and oxygen atoms in total. The third-order valence-electron chi connectivity index (χ3n) is 2.74. The topological polar surface area (TPSA) is 116 Å². The summed E-state index contributed by atoms with van der Waals surface area (Å²) in [6.45, 7) is 3.94. The van der Waals surface area contributed by atoms with Crippen molar-refractivity contribution in [3.05, 3.63) is 0 Å². The van der Waals surface area contributed by atoms with Crippen molar-refractivity contribution in [2.24, 2.45) is 0 Å². The second kappa shape index (κ2) is 4.63. The molecule has 1 aliphatic rings. The van der Waals surface area contributed by atoms with Crippen LogP contribution in [0.15, 0.2) is 0 Å². The van der Waals surface area contributed by atoms with Crippen LogP contribution in [0.5, 0.6) is 0 Å². The minimum Gasteiger partial charge on any atom is -0.480 e. The number of amides is 4. The zero-order valence-corrected chi connectivity index (χ0v) is 10.3. The Morgan fingerprint density at radius 2 is 2.00 bits per heavy atom. The highest BCUT2D eigenvalue weighted by atomic mass is 16.4. The Morgan fingerprint density at radius 1 is 1.44 bits per heavy atom. The number of nitrogens with one attached hydrogen (secondary N) is 2. The Balaban J connectivity index is 2.85. The van der Waals surface area contributed by atoms with Crippen LogP contribution >= 0.6 is 0 Å². The van der Waals surface area contributed by atoms with E-state index in [1.54, 1.807) is 0 Å². The number of imide groups is 1. The molecule has 1 fully saturated rings. The third kappa shape index (κ3) is 2.58. The number of hydrogen-bond acceptors (Lipinski definition) is 4. The molecule has 0 aromatic rings. The van der Waals surface area contributed by atoms with Crippen molar-refractivity contribution < 1.29 is 24.3 Å². The number of rotatable bonds is 2. The van der Waals surface area contributed by atoms with Crippen LogP contribution in [0, 0.1) is 0 Å². The van der Waals surface area contributed by atoms with Gasteiger partial charge in [0.05, 0.1) is 0 Å². The summed E-state index contributed by atoms with van der Waals surface area (Å²) in [5.74, 6) is -2.40. The highest BCUT2D eigenvalue weighted by Crippen LogP contribution is 2.18. The number of carboxylic acid groups (broad SMARTS) is 1. The molecule has 1 aliphatic heterocycles. The lowest BCUT2D eigenvalue weighted by Gasteiger charge is -2.40. The highest BCUT2D eigenvalue weighted by Gasteiger charge is 2.43. The monoisotopic (exact) mass is 257 g/mol. The van der Waals surface area contributed by atoms with E-state index in [4.69, 9.17) is 5.11 Å². The molecule has 0 bridgehead atoms. The summed E-state index contributed by atoms with van der Waals surface area (Å²) >= 11 is 0. The Morgan fingerprint density at radius 3 is 2.50 bits per heavy atom. The van der Waals surface area contributed by atoms with Crippen LogP contribution in [0.1, 0.15) is 20.8 Å². The van der Waals surface area contributed by atoms with Crippen molar-refractivity contribution in [3.63, 3.8) is 0 Å². The second-order valence-corrected chi connectivity index (χ2v) is 4.53. The molecular formula is C10H15N3O5. The van der Waals surface area contributed by atoms with E-state index in [9.17, 15) is 19.2 Å². The van der Waals surface area contributed by atoms with Crippen molar-refractivity contribution in [2.45, 2.75) is 32.4 Å². The summed E-state index contributed by atoms with van der Waals surface area (Å²) < 4.78 is 0. The maximum absolute atomic E-state index is 11.8. The maximum atomic E-state index is 11.8. The van der Waals surface area contributed by atoms with Gasteiger partial charge in [-0.2, -0.15) is 0 Å². The molecule has 0 radical (unpaired) electrons. The largest absolute Gasteiger partial charge is 0.480 e. The lowest BCUT2D eigenvalue weighted by atomic mass is 9.99. The molecule has 0 saturated carbocycles. The number of urea groups is 1. The normalized spacial score (nSPS) is 20.1. The van der Waals surface area contributed by atoms with Crippen LogP contribution in [0.4, 0.5) is 4.79 Å². The summed E-state index contributed by atoms with van der Waals surface area (Å²) in [5, 5.41) is 13.0. The SMILES string of the molecule is CC(NC(=O)N1CC(=O)NC(=O)C1(C)C)C(=O)O. The molecule has 0 spiro atoms. The fraction of sp³-hybridized carbons (Fsp3) is 0.600. The van der Waals surface area contributed by atoms with Crippen LogP contribution in [0.25, 0.3) is 0 Å². The van der Waals surface area contributed by atoms with E-state index >= 15 is 0 Å². The van der Waals surface area contributed by atoms with Crippen molar-refractivity contribution >= 4 is 23.8 Å². The fourth-order valence-corrected chi connectivity index (χ4v) is 1.43. The number of hydrogen-bond donors (Lipinski definition) is 3. The van der Waals surface area contributed by atoms with E-state index in [2.05, 4.69) is 10.6 Å². The van der Waals surface area contributed by atoms with Gasteiger partial charge < -0.3 is 15.3 Å². The first-order valence-corrected chi connectivity index (χ1v) is 5.31. The number of carbonyl (C=O) groups is 4. The van der Waals surface area contributed by atoms with Gasteiger partial charge in [-0.3, -0.25) is 19.7 Å².